The van der Waals surface area contributed by atoms with Gasteiger partial charge in [0.05, 0.1) is 5.71 Å². The highest BCUT2D eigenvalue weighted by Gasteiger charge is 2.22. The quantitative estimate of drug-likeness (QED) is 0.657. The van der Waals surface area contributed by atoms with E-state index in [1.165, 1.54) is 0 Å². The molecule has 2 rings (SSSR count). The van der Waals surface area contributed by atoms with E-state index in [1.807, 2.05) is 60.7 Å². The molecule has 0 bridgehead atoms. The van der Waals surface area contributed by atoms with Crippen molar-refractivity contribution in [1.82, 2.24) is 0 Å². The van der Waals surface area contributed by atoms with Crippen LogP contribution in [0.25, 0.3) is 0 Å². The van der Waals surface area contributed by atoms with Gasteiger partial charge in [0.1, 0.15) is 0 Å². The third-order valence-corrected chi connectivity index (χ3v) is 3.35. The van der Waals surface area contributed by atoms with Crippen LogP contribution < -0.4 is 0 Å². The summed E-state index contributed by atoms with van der Waals surface area (Å²) < 4.78 is 0. The molecular formula is C17H17NO2S. The Kier molecular flexibility index (Phi) is 5.17. The molecule has 2 aromatic carbocycles. The number of aliphatic imine (C=N–C) groups is 1. The van der Waals surface area contributed by atoms with Crippen LogP contribution in [0.5, 0.6) is 0 Å². The Hall–Kier alpha value is -2.07. The van der Waals surface area contributed by atoms with E-state index in [4.69, 9.17) is 0 Å². The molecule has 0 spiro atoms. The molecule has 0 saturated heterocycles. The van der Waals surface area contributed by atoms with Crippen molar-refractivity contribution in [2.24, 2.45) is 4.99 Å². The number of hydrogen-bond donors (Lipinski definition) is 2. The smallest absolute Gasteiger partial charge is 0.329 e. The van der Waals surface area contributed by atoms with Crippen molar-refractivity contribution in [2.75, 3.05) is 0 Å². The molecule has 2 unspecified atom stereocenters. The zero-order chi connectivity index (χ0) is 15.2. The number of benzene rings is 2. The van der Waals surface area contributed by atoms with Crippen molar-refractivity contribution in [2.45, 2.75) is 18.2 Å². The summed E-state index contributed by atoms with van der Waals surface area (Å²) >= 11 is 4.24. The molecule has 4 heteroatoms. The van der Waals surface area contributed by atoms with Crippen molar-refractivity contribution in [3.05, 3.63) is 71.8 Å². The maximum Gasteiger partial charge on any atom is 0.329 e. The van der Waals surface area contributed by atoms with Crippen LogP contribution in [0.4, 0.5) is 0 Å². The fourth-order valence-corrected chi connectivity index (χ4v) is 2.21. The minimum absolute atomic E-state index is 0.370. The Labute approximate surface area is 129 Å². The highest BCUT2D eigenvalue weighted by atomic mass is 32.1. The fraction of sp³-hybridized carbons (Fsp3) is 0.176. The van der Waals surface area contributed by atoms with Crippen LogP contribution in [-0.4, -0.2) is 28.1 Å². The molecule has 0 heterocycles. The molecule has 0 aliphatic carbocycles. The van der Waals surface area contributed by atoms with Crippen molar-refractivity contribution in [1.29, 1.82) is 0 Å². The molecule has 21 heavy (non-hydrogen) atoms. The van der Waals surface area contributed by atoms with Gasteiger partial charge in [0, 0.05) is 16.4 Å². The largest absolute Gasteiger partial charge is 0.480 e. The van der Waals surface area contributed by atoms with E-state index in [-0.39, 0.29) is 5.25 Å². The Balaban J connectivity index is 2.54. The van der Waals surface area contributed by atoms with Crippen molar-refractivity contribution >= 4 is 24.3 Å². The van der Waals surface area contributed by atoms with E-state index in [2.05, 4.69) is 17.6 Å². The van der Waals surface area contributed by atoms with Crippen LogP contribution in [0.1, 0.15) is 18.1 Å². The lowest BCUT2D eigenvalue weighted by atomic mass is 10.0. The van der Waals surface area contributed by atoms with Gasteiger partial charge in [-0.2, -0.15) is 12.6 Å². The molecule has 0 aliphatic rings. The number of carboxylic acids is 1. The predicted octanol–water partition coefficient (Wildman–Crippen LogP) is 3.30. The number of aliphatic carboxylic acids is 1. The van der Waals surface area contributed by atoms with Crippen LogP contribution in [0.2, 0.25) is 0 Å². The Morgan fingerprint density at radius 2 is 1.43 bits per heavy atom. The van der Waals surface area contributed by atoms with Crippen molar-refractivity contribution in [3.63, 3.8) is 0 Å². The van der Waals surface area contributed by atoms with Gasteiger partial charge in [-0.3, -0.25) is 4.99 Å². The van der Waals surface area contributed by atoms with E-state index >= 15 is 0 Å². The molecule has 0 aliphatic heterocycles. The first-order chi connectivity index (χ1) is 10.1. The molecular weight excluding hydrogens is 282 g/mol. The zero-order valence-corrected chi connectivity index (χ0v) is 12.6. The second-order valence-corrected chi connectivity index (χ2v) is 5.55. The van der Waals surface area contributed by atoms with Gasteiger partial charge in [0.25, 0.3) is 0 Å². The lowest BCUT2D eigenvalue weighted by molar-refractivity contribution is -0.138. The molecule has 0 saturated carbocycles. The average Bonchev–Trinajstić information content (AvgIpc) is 2.49. The van der Waals surface area contributed by atoms with E-state index in [1.54, 1.807) is 6.92 Å². The molecule has 0 fully saturated rings. The topological polar surface area (TPSA) is 49.7 Å². The molecule has 0 amide bonds. The van der Waals surface area contributed by atoms with Crippen LogP contribution >= 0.6 is 12.6 Å². The number of nitrogens with zero attached hydrogens (tertiary/aromatic N) is 1. The first kappa shape index (κ1) is 15.3. The van der Waals surface area contributed by atoms with Crippen molar-refractivity contribution in [3.8, 4) is 0 Å². The van der Waals surface area contributed by atoms with Gasteiger partial charge < -0.3 is 5.11 Å². The summed E-state index contributed by atoms with van der Waals surface area (Å²) in [7, 11) is 0. The Morgan fingerprint density at radius 3 is 1.76 bits per heavy atom. The Morgan fingerprint density at radius 1 is 1.00 bits per heavy atom. The van der Waals surface area contributed by atoms with Gasteiger partial charge in [0.2, 0.25) is 0 Å². The third-order valence-electron chi connectivity index (χ3n) is 3.07. The van der Waals surface area contributed by atoms with Crippen LogP contribution in [-0.2, 0) is 4.79 Å². The zero-order valence-electron chi connectivity index (χ0n) is 11.7. The van der Waals surface area contributed by atoms with Gasteiger partial charge in [-0.25, -0.2) is 4.79 Å². The first-order valence-electron chi connectivity index (χ1n) is 6.69. The molecule has 3 nitrogen and oxygen atoms in total. The number of rotatable bonds is 5. The monoisotopic (exact) mass is 299 g/mol. The standard InChI is InChI=1S/C17H17NO2S/c1-12(21)15(17(19)20)18-16(13-8-4-2-5-9-13)14-10-6-3-7-11-14/h2-12,15,21H,1H3,(H,19,20). The van der Waals surface area contributed by atoms with Crippen LogP contribution in [0, 0.1) is 0 Å². The maximum absolute atomic E-state index is 11.4. The lowest BCUT2D eigenvalue weighted by Crippen LogP contribution is -2.28. The molecule has 2 atom stereocenters. The summed E-state index contributed by atoms with van der Waals surface area (Å²) in [6.07, 6.45) is 0. The number of carbonyl (C=O) groups is 1. The average molecular weight is 299 g/mol. The third kappa shape index (κ3) is 3.95. The summed E-state index contributed by atoms with van der Waals surface area (Å²) in [4.78, 5) is 15.8. The molecule has 0 aromatic heterocycles. The maximum atomic E-state index is 11.4. The van der Waals surface area contributed by atoms with E-state index < -0.39 is 12.0 Å². The number of thiol groups is 1. The predicted molar refractivity (Wildman–Crippen MR) is 88.4 cm³/mol. The van der Waals surface area contributed by atoms with Gasteiger partial charge >= 0.3 is 5.97 Å². The van der Waals surface area contributed by atoms with E-state index in [0.717, 1.165) is 11.1 Å². The normalized spacial score (nSPS) is 13.2. The van der Waals surface area contributed by atoms with Gasteiger partial charge in [0.15, 0.2) is 6.04 Å². The summed E-state index contributed by atoms with van der Waals surface area (Å²) in [6.45, 7) is 1.74. The van der Waals surface area contributed by atoms with E-state index in [0.29, 0.717) is 5.71 Å². The van der Waals surface area contributed by atoms with Gasteiger partial charge in [-0.05, 0) is 0 Å². The van der Waals surface area contributed by atoms with E-state index in [9.17, 15) is 9.90 Å². The molecule has 108 valence electrons. The molecule has 1 N–H and O–H groups in total. The first-order valence-corrected chi connectivity index (χ1v) is 7.20. The minimum Gasteiger partial charge on any atom is -0.480 e. The summed E-state index contributed by atoms with van der Waals surface area (Å²) in [5, 5.41) is 8.96. The second-order valence-electron chi connectivity index (χ2n) is 4.73. The highest BCUT2D eigenvalue weighted by Crippen LogP contribution is 2.15. The SMILES string of the molecule is CC(S)C(N=C(c1ccccc1)c1ccccc1)C(=O)O. The highest BCUT2D eigenvalue weighted by molar-refractivity contribution is 7.81. The minimum atomic E-state index is -0.970. The van der Waals surface area contributed by atoms with Crippen LogP contribution in [0.3, 0.4) is 0 Å². The fourth-order valence-electron chi connectivity index (χ4n) is 2.02. The van der Waals surface area contributed by atoms with Gasteiger partial charge in [-0.1, -0.05) is 67.6 Å². The summed E-state index contributed by atoms with van der Waals surface area (Å²) in [6, 6.07) is 18.3. The summed E-state index contributed by atoms with van der Waals surface area (Å²) in [5.74, 6) is -0.970. The molecule has 2 aromatic rings. The number of hydrogen-bond acceptors (Lipinski definition) is 3. The van der Waals surface area contributed by atoms with Gasteiger partial charge in [-0.15, -0.1) is 0 Å². The van der Waals surface area contributed by atoms with Crippen LogP contribution in [0.15, 0.2) is 65.7 Å². The number of carboxylic acid groups (broad SMARTS) is 1. The lowest BCUT2D eigenvalue weighted by Gasteiger charge is -2.15. The van der Waals surface area contributed by atoms with Crippen molar-refractivity contribution < 1.29 is 9.90 Å². The summed E-state index contributed by atoms with van der Waals surface area (Å²) in [5.41, 5.74) is 2.46. The Bertz CT molecular complexity index is 582. The molecule has 0 radical (unpaired) electrons. The second kappa shape index (κ2) is 7.09.